The molecule has 4 rings (SSSR count). The van der Waals surface area contributed by atoms with Gasteiger partial charge in [-0.05, 0) is 49.7 Å². The summed E-state index contributed by atoms with van der Waals surface area (Å²) in [6, 6.07) is 12.5. The van der Waals surface area contributed by atoms with Gasteiger partial charge in [-0.1, -0.05) is 30.3 Å². The van der Waals surface area contributed by atoms with E-state index in [1.54, 1.807) is 12.3 Å². The Morgan fingerprint density at radius 3 is 2.68 bits per heavy atom. The van der Waals surface area contributed by atoms with Crippen molar-refractivity contribution in [1.29, 1.82) is 0 Å². The van der Waals surface area contributed by atoms with Gasteiger partial charge in [-0.15, -0.1) is 0 Å². The summed E-state index contributed by atoms with van der Waals surface area (Å²) in [5, 5.41) is 0. The second-order valence-electron chi connectivity index (χ2n) is 7.38. The normalized spacial score (nSPS) is 22.9. The van der Waals surface area contributed by atoms with Gasteiger partial charge in [0.25, 0.3) is 5.91 Å². The fraction of sp³-hybridized carbons (Fsp3) is 0.476. The van der Waals surface area contributed by atoms with Gasteiger partial charge in [-0.3, -0.25) is 4.79 Å². The molecule has 3 heterocycles. The van der Waals surface area contributed by atoms with Crippen LogP contribution in [0.15, 0.2) is 53.3 Å². The van der Waals surface area contributed by atoms with E-state index >= 15 is 0 Å². The molecule has 1 amide bonds. The fourth-order valence-corrected chi connectivity index (χ4v) is 4.29. The predicted octanol–water partition coefficient (Wildman–Crippen LogP) is 3.92. The maximum Gasteiger partial charge on any atom is 0.257 e. The van der Waals surface area contributed by atoms with E-state index < -0.39 is 0 Å². The lowest BCUT2D eigenvalue weighted by molar-refractivity contribution is -0.123. The van der Waals surface area contributed by atoms with Crippen molar-refractivity contribution in [1.82, 2.24) is 4.90 Å². The molecular formula is C21H25NO3. The van der Waals surface area contributed by atoms with Gasteiger partial charge in [-0.25, -0.2) is 0 Å². The average molecular weight is 339 g/mol. The largest absolute Gasteiger partial charge is 0.472 e. The average Bonchev–Trinajstić information content (AvgIpc) is 3.18. The smallest absolute Gasteiger partial charge is 0.257 e. The second kappa shape index (κ2) is 7.04. The Labute approximate surface area is 148 Å². The van der Waals surface area contributed by atoms with Crippen molar-refractivity contribution in [2.24, 2.45) is 5.92 Å². The molecule has 1 atom stereocenters. The highest BCUT2D eigenvalue weighted by atomic mass is 16.5. The number of nitrogens with zero attached hydrogens (tertiary/aromatic N) is 1. The minimum absolute atomic E-state index is 0.0368. The van der Waals surface area contributed by atoms with Gasteiger partial charge in [0.2, 0.25) is 0 Å². The van der Waals surface area contributed by atoms with Crippen LogP contribution in [0, 0.1) is 5.92 Å². The van der Waals surface area contributed by atoms with Crippen LogP contribution in [0.1, 0.15) is 41.6 Å². The molecule has 1 aromatic heterocycles. The summed E-state index contributed by atoms with van der Waals surface area (Å²) in [7, 11) is 0. The van der Waals surface area contributed by atoms with Crippen molar-refractivity contribution in [3.05, 3.63) is 60.1 Å². The molecule has 2 fully saturated rings. The summed E-state index contributed by atoms with van der Waals surface area (Å²) in [6.07, 6.45) is 8.31. The molecule has 1 aromatic carbocycles. The molecule has 2 saturated heterocycles. The molecule has 132 valence electrons. The molecule has 0 saturated carbocycles. The van der Waals surface area contributed by atoms with Crippen molar-refractivity contribution in [2.75, 3.05) is 19.7 Å². The Bertz CT molecular complexity index is 687. The molecule has 2 aliphatic rings. The SMILES string of the molecule is O=C(c1ccoc1)N1CCC2(CC1)CC(Cc1ccccc1)CCO2. The highest BCUT2D eigenvalue weighted by Crippen LogP contribution is 2.39. The van der Waals surface area contributed by atoms with Crippen LogP contribution in [0.4, 0.5) is 0 Å². The van der Waals surface area contributed by atoms with Crippen LogP contribution in [0.3, 0.4) is 0 Å². The monoisotopic (exact) mass is 339 g/mol. The van der Waals surface area contributed by atoms with Crippen LogP contribution < -0.4 is 0 Å². The van der Waals surface area contributed by atoms with Crippen LogP contribution >= 0.6 is 0 Å². The third-order valence-corrected chi connectivity index (χ3v) is 5.69. The van der Waals surface area contributed by atoms with E-state index in [4.69, 9.17) is 9.15 Å². The Morgan fingerprint density at radius 2 is 1.96 bits per heavy atom. The Balaban J connectivity index is 1.36. The minimum atomic E-state index is -0.0368. The maximum absolute atomic E-state index is 12.5. The van der Waals surface area contributed by atoms with Gasteiger partial charge < -0.3 is 14.1 Å². The summed E-state index contributed by atoms with van der Waals surface area (Å²) in [5.74, 6) is 0.743. The summed E-state index contributed by atoms with van der Waals surface area (Å²) >= 11 is 0. The minimum Gasteiger partial charge on any atom is -0.472 e. The lowest BCUT2D eigenvalue weighted by atomic mass is 9.77. The molecule has 0 aliphatic carbocycles. The van der Waals surface area contributed by atoms with Crippen molar-refractivity contribution < 1.29 is 13.9 Å². The van der Waals surface area contributed by atoms with E-state index in [9.17, 15) is 4.79 Å². The first-order valence-corrected chi connectivity index (χ1v) is 9.23. The Kier molecular flexibility index (Phi) is 4.62. The van der Waals surface area contributed by atoms with Gasteiger partial charge in [-0.2, -0.15) is 0 Å². The Morgan fingerprint density at radius 1 is 1.16 bits per heavy atom. The van der Waals surface area contributed by atoms with E-state index in [0.29, 0.717) is 11.5 Å². The first kappa shape index (κ1) is 16.4. The molecule has 0 N–H and O–H groups in total. The quantitative estimate of drug-likeness (QED) is 0.851. The number of carbonyl (C=O) groups is 1. The van der Waals surface area contributed by atoms with Crippen molar-refractivity contribution in [2.45, 2.75) is 37.7 Å². The van der Waals surface area contributed by atoms with Gasteiger partial charge >= 0.3 is 0 Å². The molecule has 1 spiro atoms. The molecule has 2 aliphatic heterocycles. The van der Waals surface area contributed by atoms with E-state index in [0.717, 1.165) is 51.8 Å². The summed E-state index contributed by atoms with van der Waals surface area (Å²) in [5.41, 5.74) is 2.02. The third-order valence-electron chi connectivity index (χ3n) is 5.69. The molecule has 0 bridgehead atoms. The van der Waals surface area contributed by atoms with Crippen LogP contribution in [0.25, 0.3) is 0 Å². The summed E-state index contributed by atoms with van der Waals surface area (Å²) < 4.78 is 11.3. The Hall–Kier alpha value is -2.07. The second-order valence-corrected chi connectivity index (χ2v) is 7.38. The zero-order chi connectivity index (χ0) is 17.1. The molecule has 2 aromatic rings. The number of ether oxygens (including phenoxy) is 1. The number of likely N-dealkylation sites (tertiary alicyclic amines) is 1. The molecule has 4 nitrogen and oxygen atoms in total. The molecule has 0 radical (unpaired) electrons. The number of amides is 1. The zero-order valence-electron chi connectivity index (χ0n) is 14.5. The molecule has 25 heavy (non-hydrogen) atoms. The summed E-state index contributed by atoms with van der Waals surface area (Å²) in [4.78, 5) is 14.4. The number of rotatable bonds is 3. The van der Waals surface area contributed by atoms with Crippen molar-refractivity contribution >= 4 is 5.91 Å². The standard InChI is InChI=1S/C21H25NO3/c23-20(19-7-12-24-16-19)22-10-8-21(9-11-22)15-18(6-13-25-21)14-17-4-2-1-3-5-17/h1-5,7,12,16,18H,6,8-11,13-15H2. The fourth-order valence-electron chi connectivity index (χ4n) is 4.29. The number of piperidine rings is 1. The zero-order valence-corrected chi connectivity index (χ0v) is 14.5. The summed E-state index contributed by atoms with van der Waals surface area (Å²) in [6.45, 7) is 2.37. The van der Waals surface area contributed by atoms with Gasteiger partial charge in [0.05, 0.1) is 17.4 Å². The highest BCUT2D eigenvalue weighted by Gasteiger charge is 2.41. The van der Waals surface area contributed by atoms with Crippen molar-refractivity contribution in [3.8, 4) is 0 Å². The van der Waals surface area contributed by atoms with E-state index in [1.807, 2.05) is 4.90 Å². The number of hydrogen-bond donors (Lipinski definition) is 0. The number of furan rings is 1. The lowest BCUT2D eigenvalue weighted by Crippen LogP contribution is -2.51. The number of hydrogen-bond acceptors (Lipinski definition) is 3. The van der Waals surface area contributed by atoms with Gasteiger partial charge in [0.15, 0.2) is 0 Å². The number of benzene rings is 1. The molecular weight excluding hydrogens is 314 g/mol. The van der Waals surface area contributed by atoms with E-state index in [1.165, 1.54) is 11.8 Å². The first-order valence-electron chi connectivity index (χ1n) is 9.23. The van der Waals surface area contributed by atoms with E-state index in [2.05, 4.69) is 30.3 Å². The highest BCUT2D eigenvalue weighted by molar-refractivity contribution is 5.93. The predicted molar refractivity (Wildman–Crippen MR) is 95.4 cm³/mol. The van der Waals surface area contributed by atoms with Crippen LogP contribution in [0.2, 0.25) is 0 Å². The van der Waals surface area contributed by atoms with Crippen LogP contribution in [-0.2, 0) is 11.2 Å². The lowest BCUT2D eigenvalue weighted by Gasteiger charge is -2.46. The van der Waals surface area contributed by atoms with Gasteiger partial charge in [0, 0.05) is 19.7 Å². The maximum atomic E-state index is 12.5. The van der Waals surface area contributed by atoms with Crippen LogP contribution in [-0.4, -0.2) is 36.1 Å². The number of carbonyl (C=O) groups excluding carboxylic acids is 1. The molecule has 1 unspecified atom stereocenters. The van der Waals surface area contributed by atoms with Crippen molar-refractivity contribution in [3.63, 3.8) is 0 Å². The van der Waals surface area contributed by atoms with E-state index in [-0.39, 0.29) is 11.5 Å². The topological polar surface area (TPSA) is 42.7 Å². The van der Waals surface area contributed by atoms with Gasteiger partial charge in [0.1, 0.15) is 6.26 Å². The van der Waals surface area contributed by atoms with Crippen LogP contribution in [0.5, 0.6) is 0 Å². The third kappa shape index (κ3) is 3.64. The first-order chi connectivity index (χ1) is 12.2. The molecule has 4 heteroatoms.